The number of nitro benzene ring substituents is 1. The van der Waals surface area contributed by atoms with Crippen LogP contribution in [0, 0.1) is 10.1 Å². The third-order valence-electron chi connectivity index (χ3n) is 3.34. The van der Waals surface area contributed by atoms with E-state index in [4.69, 9.17) is 16.3 Å². The van der Waals surface area contributed by atoms with Crippen LogP contribution in [-0.2, 0) is 6.54 Å². The summed E-state index contributed by atoms with van der Waals surface area (Å²) in [6.07, 6.45) is 0. The second kappa shape index (κ2) is 7.11. The van der Waals surface area contributed by atoms with Gasteiger partial charge in [-0.3, -0.25) is 14.9 Å². The summed E-state index contributed by atoms with van der Waals surface area (Å²) in [5.74, 6) is 0.338. The first-order chi connectivity index (χ1) is 10.9. The molecule has 0 radical (unpaired) electrons. The molecule has 0 unspecified atom stereocenters. The van der Waals surface area contributed by atoms with Crippen LogP contribution < -0.4 is 4.74 Å². The summed E-state index contributed by atoms with van der Waals surface area (Å²) in [5.41, 5.74) is 0.760. The number of hydrogen-bond donors (Lipinski definition) is 0. The van der Waals surface area contributed by atoms with E-state index in [0.717, 1.165) is 5.56 Å². The number of hydrogen-bond acceptors (Lipinski definition) is 4. The molecule has 0 heterocycles. The number of nitrogens with zero attached hydrogens (tertiary/aromatic N) is 2. The van der Waals surface area contributed by atoms with E-state index in [0.29, 0.717) is 12.3 Å². The highest BCUT2D eigenvalue weighted by atomic mass is 35.5. The predicted octanol–water partition coefficient (Wildman–Crippen LogP) is 3.53. The monoisotopic (exact) mass is 334 g/mol. The standard InChI is InChI=1S/C16H15ClN2O4/c1-18(10-12-5-3-4-6-15(12)23-2)16(20)11-7-8-13(17)14(9-11)19(21)22/h3-9H,10H2,1-2H3. The van der Waals surface area contributed by atoms with Gasteiger partial charge in [-0.25, -0.2) is 0 Å². The van der Waals surface area contributed by atoms with Crippen LogP contribution in [0.5, 0.6) is 5.75 Å². The van der Waals surface area contributed by atoms with Crippen LogP contribution >= 0.6 is 11.6 Å². The van der Waals surface area contributed by atoms with E-state index in [2.05, 4.69) is 0 Å². The molecule has 0 aromatic heterocycles. The van der Waals surface area contributed by atoms with E-state index in [1.54, 1.807) is 20.2 Å². The molecule has 0 N–H and O–H groups in total. The lowest BCUT2D eigenvalue weighted by Gasteiger charge is -2.19. The van der Waals surface area contributed by atoms with Gasteiger partial charge in [0, 0.05) is 30.8 Å². The fraction of sp³-hybridized carbons (Fsp3) is 0.188. The number of carbonyl (C=O) groups excluding carboxylic acids is 1. The highest BCUT2D eigenvalue weighted by molar-refractivity contribution is 6.32. The van der Waals surface area contributed by atoms with Gasteiger partial charge in [-0.15, -0.1) is 0 Å². The van der Waals surface area contributed by atoms with Crippen molar-refractivity contribution in [2.24, 2.45) is 0 Å². The van der Waals surface area contributed by atoms with Crippen LogP contribution in [-0.4, -0.2) is 29.9 Å². The zero-order valence-electron chi connectivity index (χ0n) is 12.7. The fourth-order valence-electron chi connectivity index (χ4n) is 2.17. The molecule has 0 aliphatic heterocycles. The molecule has 2 aromatic carbocycles. The van der Waals surface area contributed by atoms with Crippen LogP contribution in [0.15, 0.2) is 42.5 Å². The number of nitro groups is 1. The van der Waals surface area contributed by atoms with Gasteiger partial charge >= 0.3 is 0 Å². The average Bonchev–Trinajstić information content (AvgIpc) is 2.54. The quantitative estimate of drug-likeness (QED) is 0.619. The highest BCUT2D eigenvalue weighted by Gasteiger charge is 2.19. The van der Waals surface area contributed by atoms with Crippen molar-refractivity contribution >= 4 is 23.2 Å². The first-order valence-corrected chi connectivity index (χ1v) is 7.13. The molecule has 2 rings (SSSR count). The SMILES string of the molecule is COc1ccccc1CN(C)C(=O)c1ccc(Cl)c([N+](=O)[O-])c1. The molecule has 0 atom stereocenters. The Labute approximate surface area is 138 Å². The molecule has 0 spiro atoms. The van der Waals surface area contributed by atoms with Crippen molar-refractivity contribution in [3.63, 3.8) is 0 Å². The molecule has 0 saturated heterocycles. The number of ether oxygens (including phenoxy) is 1. The van der Waals surface area contributed by atoms with E-state index in [9.17, 15) is 14.9 Å². The number of amides is 1. The van der Waals surface area contributed by atoms with E-state index in [1.165, 1.54) is 23.1 Å². The lowest BCUT2D eigenvalue weighted by molar-refractivity contribution is -0.384. The number of para-hydroxylation sites is 1. The third-order valence-corrected chi connectivity index (χ3v) is 3.66. The zero-order chi connectivity index (χ0) is 17.0. The first-order valence-electron chi connectivity index (χ1n) is 6.75. The number of methoxy groups -OCH3 is 1. The maximum absolute atomic E-state index is 12.5. The Bertz CT molecular complexity index is 749. The molecular weight excluding hydrogens is 320 g/mol. The Kier molecular flexibility index (Phi) is 5.18. The Morgan fingerprint density at radius 1 is 1.30 bits per heavy atom. The molecule has 2 aromatic rings. The van der Waals surface area contributed by atoms with Crippen LogP contribution in [0.2, 0.25) is 5.02 Å². The van der Waals surface area contributed by atoms with Gasteiger partial charge in [0.05, 0.1) is 12.0 Å². The lowest BCUT2D eigenvalue weighted by Crippen LogP contribution is -2.26. The van der Waals surface area contributed by atoms with Gasteiger partial charge in [0.2, 0.25) is 0 Å². The molecule has 7 heteroatoms. The molecule has 6 nitrogen and oxygen atoms in total. The maximum atomic E-state index is 12.5. The molecule has 0 bridgehead atoms. The molecule has 0 saturated carbocycles. The summed E-state index contributed by atoms with van der Waals surface area (Å²) < 4.78 is 5.25. The zero-order valence-corrected chi connectivity index (χ0v) is 13.4. The fourth-order valence-corrected chi connectivity index (χ4v) is 2.35. The van der Waals surface area contributed by atoms with Crippen molar-refractivity contribution < 1.29 is 14.5 Å². The van der Waals surface area contributed by atoms with Crippen LogP contribution in [0.4, 0.5) is 5.69 Å². The lowest BCUT2D eigenvalue weighted by atomic mass is 10.1. The predicted molar refractivity (Wildman–Crippen MR) is 86.9 cm³/mol. The normalized spacial score (nSPS) is 10.2. The minimum atomic E-state index is -0.612. The van der Waals surface area contributed by atoms with Gasteiger partial charge in [-0.2, -0.15) is 0 Å². The van der Waals surface area contributed by atoms with Gasteiger partial charge < -0.3 is 9.64 Å². The summed E-state index contributed by atoms with van der Waals surface area (Å²) in [6.45, 7) is 0.319. The van der Waals surface area contributed by atoms with Gasteiger partial charge in [-0.1, -0.05) is 29.8 Å². The molecule has 0 fully saturated rings. The summed E-state index contributed by atoms with van der Waals surface area (Å²) in [4.78, 5) is 24.2. The van der Waals surface area contributed by atoms with Crippen LogP contribution in [0.1, 0.15) is 15.9 Å². The Balaban J connectivity index is 2.23. The summed E-state index contributed by atoms with van der Waals surface area (Å²) in [5, 5.41) is 10.9. The summed E-state index contributed by atoms with van der Waals surface area (Å²) in [6, 6.07) is 11.4. The molecule has 0 aliphatic rings. The molecule has 120 valence electrons. The second-order valence-electron chi connectivity index (χ2n) is 4.90. The van der Waals surface area contributed by atoms with Gasteiger partial charge in [0.15, 0.2) is 0 Å². The van der Waals surface area contributed by atoms with Gasteiger partial charge in [0.1, 0.15) is 10.8 Å². The Morgan fingerprint density at radius 3 is 2.65 bits per heavy atom. The van der Waals surface area contributed by atoms with Crippen molar-refractivity contribution in [1.82, 2.24) is 4.90 Å². The largest absolute Gasteiger partial charge is 0.496 e. The molecule has 0 aliphatic carbocycles. The van der Waals surface area contributed by atoms with Crippen molar-refractivity contribution in [3.05, 3.63) is 68.7 Å². The number of rotatable bonds is 5. The minimum absolute atomic E-state index is 0.000989. The van der Waals surface area contributed by atoms with Crippen molar-refractivity contribution in [2.75, 3.05) is 14.2 Å². The van der Waals surface area contributed by atoms with Crippen LogP contribution in [0.25, 0.3) is 0 Å². The molecular formula is C16H15ClN2O4. The number of carbonyl (C=O) groups is 1. The Hall–Kier alpha value is -2.60. The maximum Gasteiger partial charge on any atom is 0.288 e. The molecule has 1 amide bonds. The smallest absolute Gasteiger partial charge is 0.288 e. The van der Waals surface area contributed by atoms with Gasteiger partial charge in [0.25, 0.3) is 11.6 Å². The second-order valence-corrected chi connectivity index (χ2v) is 5.30. The summed E-state index contributed by atoms with van der Waals surface area (Å²) >= 11 is 5.76. The van der Waals surface area contributed by atoms with Crippen molar-refractivity contribution in [1.29, 1.82) is 0 Å². The summed E-state index contributed by atoms with van der Waals surface area (Å²) in [7, 11) is 3.18. The molecule has 23 heavy (non-hydrogen) atoms. The van der Waals surface area contributed by atoms with Crippen molar-refractivity contribution in [3.8, 4) is 5.75 Å². The van der Waals surface area contributed by atoms with E-state index >= 15 is 0 Å². The minimum Gasteiger partial charge on any atom is -0.496 e. The number of benzene rings is 2. The first kappa shape index (κ1) is 16.8. The van der Waals surface area contributed by atoms with E-state index in [-0.39, 0.29) is 22.2 Å². The van der Waals surface area contributed by atoms with E-state index in [1.807, 2.05) is 18.2 Å². The van der Waals surface area contributed by atoms with Gasteiger partial charge in [-0.05, 0) is 18.2 Å². The highest BCUT2D eigenvalue weighted by Crippen LogP contribution is 2.26. The topological polar surface area (TPSA) is 72.7 Å². The third kappa shape index (κ3) is 3.78. The number of halogens is 1. The Morgan fingerprint density at radius 2 is 2.00 bits per heavy atom. The van der Waals surface area contributed by atoms with Crippen molar-refractivity contribution in [2.45, 2.75) is 6.54 Å². The average molecular weight is 335 g/mol. The van der Waals surface area contributed by atoms with E-state index < -0.39 is 4.92 Å². The van der Waals surface area contributed by atoms with Crippen LogP contribution in [0.3, 0.4) is 0 Å².